The maximum atomic E-state index is 13.7. The first kappa shape index (κ1) is 17.9. The second-order valence-electron chi connectivity index (χ2n) is 6.61. The van der Waals surface area contributed by atoms with Crippen LogP contribution in [-0.2, 0) is 4.74 Å². The predicted octanol–water partition coefficient (Wildman–Crippen LogP) is 3.32. The van der Waals surface area contributed by atoms with E-state index in [0.29, 0.717) is 6.29 Å². The second-order valence-corrected chi connectivity index (χ2v) is 6.61. The first-order valence-corrected chi connectivity index (χ1v) is 6.91. The van der Waals surface area contributed by atoms with E-state index in [-0.39, 0.29) is 17.9 Å². The van der Waals surface area contributed by atoms with Crippen molar-refractivity contribution in [2.45, 2.75) is 45.8 Å². The molecule has 0 atom stereocenters. The molecule has 0 aromatic heterocycles. The first-order chi connectivity index (χ1) is 10.0. The number of alkyl carbamates (subject to hydrolysis) is 1. The minimum atomic E-state index is -0.752. The summed E-state index contributed by atoms with van der Waals surface area (Å²) in [7, 11) is 0. The minimum absolute atomic E-state index is 0.0182. The molecule has 1 amide bonds. The molecule has 1 N–H and O–H groups in total. The molecule has 1 aromatic carbocycles. The van der Waals surface area contributed by atoms with Crippen molar-refractivity contribution in [3.8, 4) is 5.75 Å². The molecule has 0 aliphatic carbocycles. The highest BCUT2D eigenvalue weighted by molar-refractivity contribution is 5.75. The number of nitrogens with one attached hydrogen (secondary N) is 1. The number of halogens is 1. The van der Waals surface area contributed by atoms with Gasteiger partial charge in [0.15, 0.2) is 11.6 Å². The molecule has 0 bridgehead atoms. The maximum Gasteiger partial charge on any atom is 0.408 e. The Balaban J connectivity index is 2.62. The van der Waals surface area contributed by atoms with Crippen LogP contribution in [0.5, 0.6) is 5.75 Å². The number of benzene rings is 1. The van der Waals surface area contributed by atoms with Gasteiger partial charge in [0.1, 0.15) is 18.5 Å². The summed E-state index contributed by atoms with van der Waals surface area (Å²) < 4.78 is 24.2. The third-order valence-corrected chi connectivity index (χ3v) is 2.52. The number of rotatable bonds is 5. The Morgan fingerprint density at radius 1 is 1.27 bits per heavy atom. The van der Waals surface area contributed by atoms with Gasteiger partial charge in [-0.1, -0.05) is 0 Å². The zero-order valence-corrected chi connectivity index (χ0v) is 13.5. The van der Waals surface area contributed by atoms with E-state index in [1.54, 1.807) is 34.6 Å². The van der Waals surface area contributed by atoms with Crippen LogP contribution in [0, 0.1) is 5.82 Å². The van der Waals surface area contributed by atoms with Crippen molar-refractivity contribution in [1.29, 1.82) is 0 Å². The lowest BCUT2D eigenvalue weighted by Gasteiger charge is -2.28. The van der Waals surface area contributed by atoms with E-state index in [0.717, 1.165) is 6.07 Å². The van der Waals surface area contributed by atoms with Crippen LogP contribution in [0.3, 0.4) is 0 Å². The molecule has 0 saturated heterocycles. The fourth-order valence-electron chi connectivity index (χ4n) is 1.58. The van der Waals surface area contributed by atoms with Crippen molar-refractivity contribution >= 4 is 12.4 Å². The van der Waals surface area contributed by atoms with Crippen molar-refractivity contribution in [2.24, 2.45) is 0 Å². The van der Waals surface area contributed by atoms with Gasteiger partial charge in [-0.2, -0.15) is 0 Å². The summed E-state index contributed by atoms with van der Waals surface area (Å²) in [5, 5.41) is 2.66. The van der Waals surface area contributed by atoms with Gasteiger partial charge in [-0.25, -0.2) is 9.18 Å². The zero-order valence-electron chi connectivity index (χ0n) is 13.5. The summed E-state index contributed by atoms with van der Waals surface area (Å²) in [4.78, 5) is 22.3. The molecule has 0 heterocycles. The van der Waals surface area contributed by atoms with Gasteiger partial charge in [-0.15, -0.1) is 0 Å². The number of aldehydes is 1. The van der Waals surface area contributed by atoms with Crippen LogP contribution < -0.4 is 10.1 Å². The van der Waals surface area contributed by atoms with E-state index in [2.05, 4.69) is 5.32 Å². The number of hydrogen-bond donors (Lipinski definition) is 1. The van der Waals surface area contributed by atoms with Gasteiger partial charge >= 0.3 is 6.09 Å². The van der Waals surface area contributed by atoms with E-state index in [1.807, 2.05) is 0 Å². The van der Waals surface area contributed by atoms with Crippen molar-refractivity contribution in [3.63, 3.8) is 0 Å². The lowest BCUT2D eigenvalue weighted by atomic mass is 10.1. The zero-order chi connectivity index (χ0) is 17.0. The standard InChI is InChI=1S/C16H22FNO4/c1-15(2,3)22-14(20)18-16(4,5)10-21-13-7-6-11(9-19)8-12(13)17/h6-9H,10H2,1-5H3,(H,18,20). The number of carbonyl (C=O) groups excluding carboxylic acids is 2. The molecule has 0 radical (unpaired) electrons. The summed E-state index contributed by atoms with van der Waals surface area (Å²) in [6.07, 6.45) is -0.0150. The third kappa shape index (κ3) is 6.11. The fourth-order valence-corrected chi connectivity index (χ4v) is 1.58. The smallest absolute Gasteiger partial charge is 0.408 e. The molecule has 0 aliphatic rings. The summed E-state index contributed by atoms with van der Waals surface area (Å²) in [5.41, 5.74) is -1.12. The topological polar surface area (TPSA) is 64.6 Å². The molecular weight excluding hydrogens is 289 g/mol. The Bertz CT molecular complexity index is 550. The molecule has 0 spiro atoms. The quantitative estimate of drug-likeness (QED) is 0.847. The normalized spacial score (nSPS) is 11.7. The highest BCUT2D eigenvalue weighted by atomic mass is 19.1. The predicted molar refractivity (Wildman–Crippen MR) is 80.7 cm³/mol. The molecule has 0 unspecified atom stereocenters. The molecular formula is C16H22FNO4. The van der Waals surface area contributed by atoms with Gasteiger partial charge in [-0.3, -0.25) is 4.79 Å². The van der Waals surface area contributed by atoms with Crippen LogP contribution in [0.25, 0.3) is 0 Å². The van der Waals surface area contributed by atoms with Gasteiger partial charge in [0.2, 0.25) is 0 Å². The van der Waals surface area contributed by atoms with Crippen molar-refractivity contribution < 1.29 is 23.5 Å². The Morgan fingerprint density at radius 2 is 1.91 bits per heavy atom. The third-order valence-electron chi connectivity index (χ3n) is 2.52. The number of amides is 1. The van der Waals surface area contributed by atoms with Crippen LogP contribution in [0.2, 0.25) is 0 Å². The largest absolute Gasteiger partial charge is 0.488 e. The average Bonchev–Trinajstić information content (AvgIpc) is 2.34. The monoisotopic (exact) mass is 311 g/mol. The molecule has 1 rings (SSSR count). The molecule has 6 heteroatoms. The van der Waals surface area contributed by atoms with E-state index < -0.39 is 23.1 Å². The summed E-state index contributed by atoms with van der Waals surface area (Å²) in [6.45, 7) is 8.80. The summed E-state index contributed by atoms with van der Waals surface area (Å²) in [5.74, 6) is -0.609. The Kier molecular flexibility index (Phi) is 5.52. The molecule has 5 nitrogen and oxygen atoms in total. The first-order valence-electron chi connectivity index (χ1n) is 6.91. The van der Waals surface area contributed by atoms with Gasteiger partial charge < -0.3 is 14.8 Å². The number of carbonyl (C=O) groups is 2. The van der Waals surface area contributed by atoms with Crippen molar-refractivity contribution in [3.05, 3.63) is 29.6 Å². The van der Waals surface area contributed by atoms with Gasteiger partial charge in [0, 0.05) is 5.56 Å². The van der Waals surface area contributed by atoms with Gasteiger partial charge in [0.25, 0.3) is 0 Å². The Hall–Kier alpha value is -2.11. The molecule has 0 aliphatic heterocycles. The van der Waals surface area contributed by atoms with E-state index in [4.69, 9.17) is 9.47 Å². The Morgan fingerprint density at radius 3 is 2.41 bits per heavy atom. The van der Waals surface area contributed by atoms with Gasteiger partial charge in [0.05, 0.1) is 5.54 Å². The molecule has 0 fully saturated rings. The molecule has 1 aromatic rings. The van der Waals surface area contributed by atoms with E-state index in [1.165, 1.54) is 12.1 Å². The Labute approximate surface area is 129 Å². The highest BCUT2D eigenvalue weighted by Gasteiger charge is 2.25. The van der Waals surface area contributed by atoms with Crippen LogP contribution in [-0.4, -0.2) is 30.1 Å². The number of ether oxygens (including phenoxy) is 2. The highest BCUT2D eigenvalue weighted by Crippen LogP contribution is 2.19. The summed E-state index contributed by atoms with van der Waals surface area (Å²) in [6, 6.07) is 3.93. The van der Waals surface area contributed by atoms with Crippen LogP contribution in [0.15, 0.2) is 18.2 Å². The SMILES string of the molecule is CC(C)(COc1ccc(C=O)cc1F)NC(=O)OC(C)(C)C. The maximum absolute atomic E-state index is 13.7. The average molecular weight is 311 g/mol. The van der Waals surface area contributed by atoms with Crippen LogP contribution in [0.1, 0.15) is 45.0 Å². The summed E-state index contributed by atoms with van der Waals surface area (Å²) >= 11 is 0. The lowest BCUT2D eigenvalue weighted by Crippen LogP contribution is -2.49. The minimum Gasteiger partial charge on any atom is -0.488 e. The number of hydrogen-bond acceptors (Lipinski definition) is 4. The van der Waals surface area contributed by atoms with Crippen molar-refractivity contribution in [2.75, 3.05) is 6.61 Å². The van der Waals surface area contributed by atoms with E-state index >= 15 is 0 Å². The fraction of sp³-hybridized carbons (Fsp3) is 0.500. The molecule has 22 heavy (non-hydrogen) atoms. The van der Waals surface area contributed by atoms with Crippen molar-refractivity contribution in [1.82, 2.24) is 5.32 Å². The van der Waals surface area contributed by atoms with Gasteiger partial charge in [-0.05, 0) is 52.8 Å². The van der Waals surface area contributed by atoms with E-state index in [9.17, 15) is 14.0 Å². The molecule has 122 valence electrons. The lowest BCUT2D eigenvalue weighted by molar-refractivity contribution is 0.0440. The second kappa shape index (κ2) is 6.77. The van der Waals surface area contributed by atoms with Crippen LogP contribution >= 0.6 is 0 Å². The molecule has 0 saturated carbocycles. The van der Waals surface area contributed by atoms with Crippen LogP contribution in [0.4, 0.5) is 9.18 Å².